The Kier molecular flexibility index (Phi) is 20.8. The molecule has 2 heterocycles. The van der Waals surface area contributed by atoms with E-state index in [1.165, 1.54) is 0 Å². The number of carboxylic acids is 1. The van der Waals surface area contributed by atoms with Gasteiger partial charge in [-0.3, -0.25) is 14.6 Å². The van der Waals surface area contributed by atoms with Crippen molar-refractivity contribution in [1.29, 1.82) is 0 Å². The number of alkyl halides is 6. The van der Waals surface area contributed by atoms with E-state index in [1.807, 2.05) is 32.3 Å². The van der Waals surface area contributed by atoms with Gasteiger partial charge in [-0.2, -0.15) is 49.9 Å². The number of nitrogens with zero attached hydrogens (tertiary/aromatic N) is 3. The second kappa shape index (κ2) is 22.8. The van der Waals surface area contributed by atoms with Crippen molar-refractivity contribution in [2.24, 2.45) is 17.2 Å². The van der Waals surface area contributed by atoms with E-state index in [2.05, 4.69) is 28.8 Å². The summed E-state index contributed by atoms with van der Waals surface area (Å²) in [6, 6.07) is 4.46. The zero-order valence-electron chi connectivity index (χ0n) is 30.6. The Morgan fingerprint density at radius 1 is 0.800 bits per heavy atom. The van der Waals surface area contributed by atoms with Gasteiger partial charge in [-0.25, -0.2) is 9.97 Å². The predicted molar refractivity (Wildman–Crippen MR) is 207 cm³/mol. The zero-order valence-corrected chi connectivity index (χ0v) is 33.7. The minimum absolute atomic E-state index is 0.0201. The number of hydrogen-bond acceptors (Lipinski definition) is 10. The monoisotopic (exact) mass is 862 g/mol. The van der Waals surface area contributed by atoms with E-state index in [0.29, 0.717) is 40.6 Å². The minimum atomic E-state index is -5.13. The first-order valence-corrected chi connectivity index (χ1v) is 19.9. The Balaban J connectivity index is 0.000000527. The number of aliphatic hydroxyl groups is 1. The van der Waals surface area contributed by atoms with Crippen LogP contribution < -0.4 is 17.2 Å². The number of amides is 1. The van der Waals surface area contributed by atoms with Crippen LogP contribution in [0.2, 0.25) is 10.0 Å². The number of benzene rings is 1. The molecule has 10 nitrogen and oxygen atoms in total. The Morgan fingerprint density at radius 2 is 1.33 bits per heavy atom. The third kappa shape index (κ3) is 16.3. The number of aliphatic carboxylic acids is 1. The zero-order chi connectivity index (χ0) is 42.2. The van der Waals surface area contributed by atoms with Gasteiger partial charge >= 0.3 is 18.3 Å². The molecule has 3 aromatic rings. The van der Waals surface area contributed by atoms with E-state index in [4.69, 9.17) is 45.5 Å². The molecule has 0 saturated heterocycles. The lowest BCUT2D eigenvalue weighted by Crippen LogP contribution is -2.43. The number of carbonyl (C=O) groups excluding carboxylic acids is 1. The summed E-state index contributed by atoms with van der Waals surface area (Å²) in [7, 11) is 0. The summed E-state index contributed by atoms with van der Waals surface area (Å²) < 4.78 is 77.2. The SMILES string of the molecule is CC.CC(C)(CCSCCC(N)C(N)=O)c1cnc(-c2ccc(Cl)cc2Cl)nc1.NC(CCSCCC(O)(c1ccc(C(F)(F)F)nc1)C(F)(F)F)C(=O)O. The molecule has 0 fully saturated rings. The molecule has 0 saturated carbocycles. The number of hydrogen-bond donors (Lipinski definition) is 5. The summed E-state index contributed by atoms with van der Waals surface area (Å²) in [5.41, 5.74) is 12.3. The highest BCUT2D eigenvalue weighted by Gasteiger charge is 2.54. The summed E-state index contributed by atoms with van der Waals surface area (Å²) in [5, 5.41) is 19.7. The Labute approximate surface area is 334 Å². The maximum absolute atomic E-state index is 13.3. The largest absolute Gasteiger partial charge is 0.480 e. The number of aromatic nitrogens is 3. The van der Waals surface area contributed by atoms with Crippen LogP contribution in [0.25, 0.3) is 11.4 Å². The smallest absolute Gasteiger partial charge is 0.433 e. The molecular weight excluding hydrogens is 817 g/mol. The number of pyridine rings is 1. The van der Waals surface area contributed by atoms with Gasteiger partial charge in [0.1, 0.15) is 11.7 Å². The van der Waals surface area contributed by atoms with Gasteiger partial charge in [0.2, 0.25) is 5.91 Å². The molecule has 55 heavy (non-hydrogen) atoms. The van der Waals surface area contributed by atoms with Crippen LogP contribution in [0.1, 0.15) is 70.2 Å². The highest BCUT2D eigenvalue weighted by Crippen LogP contribution is 2.42. The van der Waals surface area contributed by atoms with Crippen molar-refractivity contribution in [1.82, 2.24) is 15.0 Å². The molecule has 308 valence electrons. The van der Waals surface area contributed by atoms with Gasteiger partial charge in [0, 0.05) is 34.7 Å². The molecule has 1 amide bonds. The van der Waals surface area contributed by atoms with E-state index in [0.717, 1.165) is 40.8 Å². The van der Waals surface area contributed by atoms with Gasteiger partial charge in [0.05, 0.1) is 11.1 Å². The number of primary amides is 1. The van der Waals surface area contributed by atoms with Crippen LogP contribution in [-0.4, -0.2) is 78.3 Å². The minimum Gasteiger partial charge on any atom is -0.480 e. The van der Waals surface area contributed by atoms with Crippen LogP contribution in [0.4, 0.5) is 26.3 Å². The summed E-state index contributed by atoms with van der Waals surface area (Å²) in [5.74, 6) is 0.567. The van der Waals surface area contributed by atoms with Crippen LogP contribution in [0.15, 0.2) is 48.9 Å². The third-order valence-electron chi connectivity index (χ3n) is 7.91. The van der Waals surface area contributed by atoms with Crippen molar-refractivity contribution in [2.45, 2.75) is 88.8 Å². The number of carboxylic acid groups (broad SMARTS) is 1. The molecule has 2 aromatic heterocycles. The van der Waals surface area contributed by atoms with Crippen LogP contribution in [-0.2, 0) is 26.8 Å². The van der Waals surface area contributed by atoms with Crippen molar-refractivity contribution < 1.29 is 46.1 Å². The molecule has 0 radical (unpaired) electrons. The van der Waals surface area contributed by atoms with Crippen LogP contribution in [0, 0.1) is 0 Å². The van der Waals surface area contributed by atoms with Crippen LogP contribution >= 0.6 is 46.7 Å². The van der Waals surface area contributed by atoms with Gasteiger partial charge < -0.3 is 27.4 Å². The summed E-state index contributed by atoms with van der Waals surface area (Å²) >= 11 is 14.9. The summed E-state index contributed by atoms with van der Waals surface area (Å²) in [6.45, 7) is 8.33. The van der Waals surface area contributed by atoms with E-state index >= 15 is 0 Å². The van der Waals surface area contributed by atoms with Crippen molar-refractivity contribution in [2.75, 3.05) is 23.0 Å². The molecular formula is C35H46Cl2F6N6O4S2. The second-order valence-corrected chi connectivity index (χ2v) is 15.6. The predicted octanol–water partition coefficient (Wildman–Crippen LogP) is 7.86. The molecule has 1 aromatic carbocycles. The lowest BCUT2D eigenvalue weighted by Gasteiger charge is -2.30. The van der Waals surface area contributed by atoms with Crippen molar-refractivity contribution in [3.05, 3.63) is 75.8 Å². The number of halogens is 8. The second-order valence-electron chi connectivity index (χ2n) is 12.3. The quantitative estimate of drug-likeness (QED) is 0.0656. The Hall–Kier alpha value is -2.87. The molecule has 0 aliphatic carbocycles. The molecule has 0 aliphatic rings. The standard InChI is InChI=1S/C19H24Cl2N4OS.C14H16F6N2O3S.C2H6/c1-19(2,6-8-27-7-5-16(22)17(23)26)12-10-24-18(25-11-12)14-4-3-13(20)9-15(14)21;15-13(16,17)10-2-1-8(7-22-10)12(25,14(18,19)20)4-6-26-5-3-9(21)11(23)24;1-2/h3-4,9-11,16H,5-8,22H2,1-2H3,(H2,23,26);1-2,7,9,25H,3-6,21H2,(H,23,24);1-2H3. The average molecular weight is 864 g/mol. The lowest BCUT2D eigenvalue weighted by atomic mass is 9.84. The summed E-state index contributed by atoms with van der Waals surface area (Å²) in [6.07, 6.45) is -5.17. The molecule has 0 bridgehead atoms. The fourth-order valence-corrected chi connectivity index (χ4v) is 7.16. The molecule has 3 atom stereocenters. The van der Waals surface area contributed by atoms with Crippen LogP contribution in [0.3, 0.4) is 0 Å². The normalized spacial score (nSPS) is 14.0. The van der Waals surface area contributed by atoms with Gasteiger partial charge in [-0.1, -0.05) is 57.0 Å². The van der Waals surface area contributed by atoms with E-state index in [-0.39, 0.29) is 23.3 Å². The number of nitrogens with two attached hydrogens (primary N) is 3. The van der Waals surface area contributed by atoms with Gasteiger partial charge in [-0.05, 0) is 83.9 Å². The first kappa shape index (κ1) is 50.1. The number of rotatable bonds is 17. The third-order valence-corrected chi connectivity index (χ3v) is 10.5. The van der Waals surface area contributed by atoms with E-state index in [1.54, 1.807) is 23.9 Å². The number of thioether (sulfide) groups is 2. The highest BCUT2D eigenvalue weighted by molar-refractivity contribution is 7.99. The van der Waals surface area contributed by atoms with E-state index < -0.39 is 59.6 Å². The molecule has 3 rings (SSSR count). The lowest BCUT2D eigenvalue weighted by molar-refractivity contribution is -0.267. The fraction of sp³-hybridized carbons (Fsp3) is 0.514. The highest BCUT2D eigenvalue weighted by atomic mass is 35.5. The first-order valence-electron chi connectivity index (χ1n) is 16.8. The average Bonchev–Trinajstić information content (AvgIpc) is 3.11. The summed E-state index contributed by atoms with van der Waals surface area (Å²) in [4.78, 5) is 33.4. The topological polar surface area (TPSA) is 191 Å². The van der Waals surface area contributed by atoms with Gasteiger partial charge in [0.15, 0.2) is 11.4 Å². The maximum Gasteiger partial charge on any atom is 0.433 e. The molecule has 0 aliphatic heterocycles. The van der Waals surface area contributed by atoms with Crippen LogP contribution in [0.5, 0.6) is 0 Å². The molecule has 20 heteroatoms. The van der Waals surface area contributed by atoms with Crippen molar-refractivity contribution >= 4 is 58.6 Å². The number of carbonyl (C=O) groups is 2. The molecule has 8 N–H and O–H groups in total. The molecule has 0 spiro atoms. The Morgan fingerprint density at radius 3 is 1.78 bits per heavy atom. The van der Waals surface area contributed by atoms with Gasteiger partial charge in [0.25, 0.3) is 0 Å². The van der Waals surface area contributed by atoms with E-state index in [9.17, 15) is 41.0 Å². The first-order chi connectivity index (χ1) is 25.5. The maximum atomic E-state index is 13.3. The fourth-order valence-electron chi connectivity index (χ4n) is 4.33. The van der Waals surface area contributed by atoms with Crippen molar-refractivity contribution in [3.8, 4) is 11.4 Å². The molecule has 3 unspecified atom stereocenters. The van der Waals surface area contributed by atoms with Gasteiger partial charge in [-0.15, -0.1) is 0 Å². The Bertz CT molecular complexity index is 1640. The van der Waals surface area contributed by atoms with Crippen molar-refractivity contribution in [3.63, 3.8) is 0 Å².